The van der Waals surface area contributed by atoms with E-state index in [1.807, 2.05) is 0 Å². The first kappa shape index (κ1) is 11.1. The van der Waals surface area contributed by atoms with Crippen molar-refractivity contribution in [1.82, 2.24) is 4.90 Å². The Bertz CT molecular complexity index is 513. The molecule has 1 fully saturated rings. The second-order valence-electron chi connectivity index (χ2n) is 4.74. The van der Waals surface area contributed by atoms with Crippen molar-refractivity contribution in [1.29, 1.82) is 0 Å². The third kappa shape index (κ3) is 1.33. The summed E-state index contributed by atoms with van der Waals surface area (Å²) in [6, 6.07) is 6.84. The van der Waals surface area contributed by atoms with E-state index in [9.17, 15) is 9.59 Å². The molecule has 2 aliphatic rings. The Morgan fingerprint density at radius 1 is 1.17 bits per heavy atom. The minimum atomic E-state index is -1.48. The summed E-state index contributed by atoms with van der Waals surface area (Å²) in [5.41, 5.74) is 0. The molecule has 1 aromatic carbocycles. The summed E-state index contributed by atoms with van der Waals surface area (Å²) in [5.74, 6) is -1.15. The molecule has 0 N–H and O–H groups in total. The normalized spacial score (nSPS) is 20.3. The van der Waals surface area contributed by atoms with E-state index in [2.05, 4.69) is 0 Å². The van der Waals surface area contributed by atoms with E-state index in [1.165, 1.54) is 4.90 Å². The number of hydrogen-bond acceptors (Lipinski definition) is 4. The van der Waals surface area contributed by atoms with Gasteiger partial charge >= 0.3 is 11.7 Å². The van der Waals surface area contributed by atoms with Crippen LogP contribution in [0.1, 0.15) is 20.3 Å². The first-order valence-electron chi connectivity index (χ1n) is 5.87. The van der Waals surface area contributed by atoms with Crippen LogP contribution in [0.2, 0.25) is 0 Å². The number of nitrogens with zero attached hydrogens (tertiary/aromatic N) is 1. The lowest BCUT2D eigenvalue weighted by Gasteiger charge is -2.22. The molecule has 3 rings (SSSR count). The maximum Gasteiger partial charge on any atom is 0.341 e. The Morgan fingerprint density at radius 2 is 1.72 bits per heavy atom. The number of amides is 2. The Balaban J connectivity index is 1.97. The lowest BCUT2D eigenvalue weighted by atomic mass is 10.2. The van der Waals surface area contributed by atoms with Gasteiger partial charge in [0.05, 0.1) is 0 Å². The SMILES string of the molecule is CC(C)N1C(=O)CC2(Oc3ccccc3O2)C1=O. The molecule has 94 valence electrons. The molecule has 0 aromatic heterocycles. The van der Waals surface area contributed by atoms with Gasteiger partial charge in [0.2, 0.25) is 5.91 Å². The summed E-state index contributed by atoms with van der Waals surface area (Å²) in [6.45, 7) is 3.58. The molecule has 0 saturated carbocycles. The number of hydrogen-bond donors (Lipinski definition) is 0. The van der Waals surface area contributed by atoms with E-state index in [-0.39, 0.29) is 18.4 Å². The van der Waals surface area contributed by atoms with Crippen LogP contribution >= 0.6 is 0 Å². The zero-order chi connectivity index (χ0) is 12.9. The van der Waals surface area contributed by atoms with E-state index >= 15 is 0 Å². The molecule has 0 radical (unpaired) electrons. The first-order chi connectivity index (χ1) is 8.53. The highest BCUT2D eigenvalue weighted by molar-refractivity contribution is 6.07. The maximum absolute atomic E-state index is 12.3. The van der Waals surface area contributed by atoms with Gasteiger partial charge in [0.15, 0.2) is 11.5 Å². The molecule has 1 spiro atoms. The van der Waals surface area contributed by atoms with Crippen molar-refractivity contribution < 1.29 is 19.1 Å². The summed E-state index contributed by atoms with van der Waals surface area (Å²) in [7, 11) is 0. The van der Waals surface area contributed by atoms with Gasteiger partial charge in [-0.25, -0.2) is 0 Å². The zero-order valence-corrected chi connectivity index (χ0v) is 10.2. The van der Waals surface area contributed by atoms with Crippen molar-refractivity contribution in [3.8, 4) is 11.5 Å². The number of ether oxygens (including phenoxy) is 2. The highest BCUT2D eigenvalue weighted by atomic mass is 16.7. The maximum atomic E-state index is 12.3. The number of likely N-dealkylation sites (tertiary alicyclic amines) is 1. The number of benzene rings is 1. The first-order valence-corrected chi connectivity index (χ1v) is 5.87. The van der Waals surface area contributed by atoms with Crippen LogP contribution in [-0.2, 0) is 9.59 Å². The van der Waals surface area contributed by atoms with Gasteiger partial charge in [0.1, 0.15) is 6.42 Å². The van der Waals surface area contributed by atoms with Crippen LogP contribution in [0.3, 0.4) is 0 Å². The van der Waals surface area contributed by atoms with Gasteiger partial charge in [-0.3, -0.25) is 14.5 Å². The van der Waals surface area contributed by atoms with Crippen molar-refractivity contribution in [3.05, 3.63) is 24.3 Å². The van der Waals surface area contributed by atoms with Crippen LogP contribution in [-0.4, -0.2) is 28.5 Å². The minimum Gasteiger partial charge on any atom is -0.440 e. The number of rotatable bonds is 1. The number of imide groups is 1. The predicted octanol–water partition coefficient (Wildman–Crippen LogP) is 1.32. The quantitative estimate of drug-likeness (QED) is 0.702. The number of para-hydroxylation sites is 2. The van der Waals surface area contributed by atoms with E-state index < -0.39 is 11.7 Å². The molecule has 2 heterocycles. The van der Waals surface area contributed by atoms with Gasteiger partial charge < -0.3 is 9.47 Å². The van der Waals surface area contributed by atoms with Gasteiger partial charge in [-0.2, -0.15) is 0 Å². The topological polar surface area (TPSA) is 55.8 Å². The molecule has 18 heavy (non-hydrogen) atoms. The number of carbonyl (C=O) groups excluding carboxylic acids is 2. The number of carbonyl (C=O) groups is 2. The highest BCUT2D eigenvalue weighted by Crippen LogP contribution is 2.44. The summed E-state index contributed by atoms with van der Waals surface area (Å²) < 4.78 is 11.2. The van der Waals surface area contributed by atoms with Crippen molar-refractivity contribution in [3.63, 3.8) is 0 Å². The third-order valence-electron chi connectivity index (χ3n) is 3.11. The van der Waals surface area contributed by atoms with Crippen LogP contribution in [0.25, 0.3) is 0 Å². The zero-order valence-electron chi connectivity index (χ0n) is 10.2. The van der Waals surface area contributed by atoms with Crippen molar-refractivity contribution in [2.75, 3.05) is 0 Å². The van der Waals surface area contributed by atoms with Crippen LogP contribution in [0.15, 0.2) is 24.3 Å². The summed E-state index contributed by atoms with van der Waals surface area (Å²) in [6.07, 6.45) is -0.0707. The molecule has 0 atom stereocenters. The fourth-order valence-corrected chi connectivity index (χ4v) is 2.33. The molecule has 1 saturated heterocycles. The average Bonchev–Trinajstić information content (AvgIpc) is 2.77. The van der Waals surface area contributed by atoms with Crippen LogP contribution < -0.4 is 9.47 Å². The van der Waals surface area contributed by atoms with E-state index in [1.54, 1.807) is 38.1 Å². The molecule has 2 aliphatic heterocycles. The minimum absolute atomic E-state index is 0.0707. The van der Waals surface area contributed by atoms with Crippen molar-refractivity contribution >= 4 is 11.8 Å². The Hall–Kier alpha value is -2.04. The Labute approximate surface area is 104 Å². The summed E-state index contributed by atoms with van der Waals surface area (Å²) in [5, 5.41) is 0. The standard InChI is InChI=1S/C13H13NO4/c1-8(2)14-11(15)7-13(12(14)16)17-9-5-3-4-6-10(9)18-13/h3-6,8H,7H2,1-2H3. The number of fused-ring (bicyclic) bond motifs is 1. The molecular weight excluding hydrogens is 234 g/mol. The predicted molar refractivity (Wildman–Crippen MR) is 62.0 cm³/mol. The molecule has 1 aromatic rings. The molecule has 0 bridgehead atoms. The smallest absolute Gasteiger partial charge is 0.341 e. The molecule has 0 aliphatic carbocycles. The van der Waals surface area contributed by atoms with Gasteiger partial charge in [-0.15, -0.1) is 0 Å². The third-order valence-corrected chi connectivity index (χ3v) is 3.11. The summed E-state index contributed by atoms with van der Waals surface area (Å²) >= 11 is 0. The van der Waals surface area contributed by atoms with Gasteiger partial charge in [-0.05, 0) is 26.0 Å². The van der Waals surface area contributed by atoms with Crippen LogP contribution in [0.4, 0.5) is 0 Å². The van der Waals surface area contributed by atoms with Crippen molar-refractivity contribution in [2.45, 2.75) is 32.1 Å². The highest BCUT2D eigenvalue weighted by Gasteiger charge is 2.60. The summed E-state index contributed by atoms with van der Waals surface area (Å²) in [4.78, 5) is 25.4. The fourth-order valence-electron chi connectivity index (χ4n) is 2.33. The molecule has 5 heteroatoms. The van der Waals surface area contributed by atoms with E-state index in [0.29, 0.717) is 11.5 Å². The molecule has 0 unspecified atom stereocenters. The Kier molecular flexibility index (Phi) is 2.14. The second kappa shape index (κ2) is 3.48. The van der Waals surface area contributed by atoms with E-state index in [0.717, 1.165) is 0 Å². The second-order valence-corrected chi connectivity index (χ2v) is 4.74. The monoisotopic (exact) mass is 247 g/mol. The Morgan fingerprint density at radius 3 is 2.17 bits per heavy atom. The van der Waals surface area contributed by atoms with Crippen LogP contribution in [0, 0.1) is 0 Å². The average molecular weight is 247 g/mol. The van der Waals surface area contributed by atoms with E-state index in [4.69, 9.17) is 9.47 Å². The molecule has 2 amide bonds. The lowest BCUT2D eigenvalue weighted by molar-refractivity contribution is -0.159. The van der Waals surface area contributed by atoms with Gasteiger partial charge in [-0.1, -0.05) is 12.1 Å². The largest absolute Gasteiger partial charge is 0.440 e. The van der Waals surface area contributed by atoms with Gasteiger partial charge in [0, 0.05) is 6.04 Å². The lowest BCUT2D eigenvalue weighted by Crippen LogP contribution is -2.48. The van der Waals surface area contributed by atoms with Gasteiger partial charge in [0.25, 0.3) is 0 Å². The molecule has 5 nitrogen and oxygen atoms in total. The van der Waals surface area contributed by atoms with Crippen molar-refractivity contribution in [2.24, 2.45) is 0 Å². The fraction of sp³-hybridized carbons (Fsp3) is 0.385. The van der Waals surface area contributed by atoms with Crippen LogP contribution in [0.5, 0.6) is 11.5 Å². The molecular formula is C13H13NO4.